The Bertz CT molecular complexity index is 260. The van der Waals surface area contributed by atoms with Crippen molar-refractivity contribution in [2.45, 2.75) is 20.3 Å². The molecule has 0 saturated carbocycles. The minimum Gasteiger partial charge on any atom is -0.384 e. The molecule has 0 fully saturated rings. The van der Waals surface area contributed by atoms with Gasteiger partial charge in [-0.1, -0.05) is 32.4 Å². The SMILES string of the molecule is CCC(C)CNc1ccccc1I. The molecule has 0 aliphatic rings. The highest BCUT2D eigenvalue weighted by Gasteiger charge is 2.00. The zero-order valence-corrected chi connectivity index (χ0v) is 10.3. The molecule has 1 aromatic rings. The van der Waals surface area contributed by atoms with E-state index in [1.54, 1.807) is 0 Å². The van der Waals surface area contributed by atoms with E-state index in [1.165, 1.54) is 15.7 Å². The number of nitrogens with one attached hydrogen (secondary N) is 1. The van der Waals surface area contributed by atoms with Gasteiger partial charge < -0.3 is 5.32 Å². The van der Waals surface area contributed by atoms with Crippen LogP contribution in [0.5, 0.6) is 0 Å². The molecule has 0 bridgehead atoms. The Morgan fingerprint density at radius 2 is 2.08 bits per heavy atom. The molecule has 1 atom stereocenters. The summed E-state index contributed by atoms with van der Waals surface area (Å²) in [7, 11) is 0. The molecule has 1 aromatic carbocycles. The molecule has 0 amide bonds. The smallest absolute Gasteiger partial charge is 0.0475 e. The second kappa shape index (κ2) is 5.47. The fraction of sp³-hybridized carbons (Fsp3) is 0.455. The predicted molar refractivity (Wildman–Crippen MR) is 67.1 cm³/mol. The molecular weight excluding hydrogens is 273 g/mol. The van der Waals surface area contributed by atoms with Gasteiger partial charge in [-0.25, -0.2) is 0 Å². The van der Waals surface area contributed by atoms with Gasteiger partial charge in [0.15, 0.2) is 0 Å². The van der Waals surface area contributed by atoms with Crippen molar-refractivity contribution in [1.29, 1.82) is 0 Å². The highest BCUT2D eigenvalue weighted by Crippen LogP contribution is 2.17. The summed E-state index contributed by atoms with van der Waals surface area (Å²) in [6.45, 7) is 5.56. The Balaban J connectivity index is 2.50. The maximum Gasteiger partial charge on any atom is 0.0475 e. The molecular formula is C11H16IN. The lowest BCUT2D eigenvalue weighted by Gasteiger charge is -2.12. The Kier molecular flexibility index (Phi) is 4.56. The van der Waals surface area contributed by atoms with Gasteiger partial charge in [-0.05, 0) is 40.6 Å². The van der Waals surface area contributed by atoms with Crippen LogP contribution in [0.25, 0.3) is 0 Å². The van der Waals surface area contributed by atoms with Crippen LogP contribution in [0, 0.1) is 9.49 Å². The summed E-state index contributed by atoms with van der Waals surface area (Å²) < 4.78 is 1.29. The normalized spacial score (nSPS) is 12.5. The number of hydrogen-bond donors (Lipinski definition) is 1. The van der Waals surface area contributed by atoms with Crippen LogP contribution >= 0.6 is 22.6 Å². The molecule has 13 heavy (non-hydrogen) atoms. The second-order valence-electron chi connectivity index (χ2n) is 3.37. The van der Waals surface area contributed by atoms with Crippen LogP contribution in [0.4, 0.5) is 5.69 Å². The second-order valence-corrected chi connectivity index (χ2v) is 4.54. The van der Waals surface area contributed by atoms with Gasteiger partial charge in [0.2, 0.25) is 0 Å². The molecule has 0 aliphatic carbocycles. The van der Waals surface area contributed by atoms with Gasteiger partial charge in [-0.2, -0.15) is 0 Å². The van der Waals surface area contributed by atoms with E-state index in [1.807, 2.05) is 0 Å². The molecule has 0 radical (unpaired) electrons. The van der Waals surface area contributed by atoms with Crippen LogP contribution in [0.15, 0.2) is 24.3 Å². The molecule has 0 heterocycles. The lowest BCUT2D eigenvalue weighted by atomic mass is 10.1. The maximum atomic E-state index is 3.46. The maximum absolute atomic E-state index is 3.46. The molecule has 1 unspecified atom stereocenters. The number of halogens is 1. The topological polar surface area (TPSA) is 12.0 Å². The summed E-state index contributed by atoms with van der Waals surface area (Å²) in [5.74, 6) is 0.746. The van der Waals surface area contributed by atoms with Crippen molar-refractivity contribution in [3.63, 3.8) is 0 Å². The molecule has 0 saturated heterocycles. The highest BCUT2D eigenvalue weighted by molar-refractivity contribution is 14.1. The number of anilines is 1. The third-order valence-electron chi connectivity index (χ3n) is 2.21. The minimum atomic E-state index is 0.746. The summed E-state index contributed by atoms with van der Waals surface area (Å²) >= 11 is 2.36. The van der Waals surface area contributed by atoms with Gasteiger partial charge in [0.05, 0.1) is 0 Å². The zero-order chi connectivity index (χ0) is 9.68. The minimum absolute atomic E-state index is 0.746. The molecule has 0 spiro atoms. The molecule has 1 nitrogen and oxygen atoms in total. The lowest BCUT2D eigenvalue weighted by molar-refractivity contribution is 0.593. The van der Waals surface area contributed by atoms with Crippen molar-refractivity contribution in [2.75, 3.05) is 11.9 Å². The number of hydrogen-bond acceptors (Lipinski definition) is 1. The van der Waals surface area contributed by atoms with Crippen molar-refractivity contribution in [3.8, 4) is 0 Å². The van der Waals surface area contributed by atoms with Gasteiger partial charge in [-0.15, -0.1) is 0 Å². The van der Waals surface area contributed by atoms with E-state index in [4.69, 9.17) is 0 Å². The van der Waals surface area contributed by atoms with Crippen molar-refractivity contribution < 1.29 is 0 Å². The van der Waals surface area contributed by atoms with E-state index >= 15 is 0 Å². The summed E-state index contributed by atoms with van der Waals surface area (Å²) in [4.78, 5) is 0. The quantitative estimate of drug-likeness (QED) is 0.832. The van der Waals surface area contributed by atoms with E-state index in [0.717, 1.165) is 12.5 Å². The lowest BCUT2D eigenvalue weighted by Crippen LogP contribution is -2.10. The average molecular weight is 289 g/mol. The Hall–Kier alpha value is -0.250. The van der Waals surface area contributed by atoms with Crippen molar-refractivity contribution in [1.82, 2.24) is 0 Å². The van der Waals surface area contributed by atoms with Crippen LogP contribution in [-0.4, -0.2) is 6.54 Å². The van der Waals surface area contributed by atoms with Gasteiger partial charge in [0.1, 0.15) is 0 Å². The fourth-order valence-electron chi connectivity index (χ4n) is 1.03. The predicted octanol–water partition coefficient (Wildman–Crippen LogP) is 3.75. The molecule has 1 N–H and O–H groups in total. The Morgan fingerprint density at radius 1 is 1.38 bits per heavy atom. The Morgan fingerprint density at radius 3 is 2.69 bits per heavy atom. The fourth-order valence-corrected chi connectivity index (χ4v) is 1.61. The van der Waals surface area contributed by atoms with Crippen LogP contribution in [0.3, 0.4) is 0 Å². The van der Waals surface area contributed by atoms with Crippen LogP contribution in [0.2, 0.25) is 0 Å². The molecule has 1 rings (SSSR count). The van der Waals surface area contributed by atoms with E-state index in [2.05, 4.69) is 66.0 Å². The highest BCUT2D eigenvalue weighted by atomic mass is 127. The summed E-state index contributed by atoms with van der Waals surface area (Å²) in [5.41, 5.74) is 1.25. The van der Waals surface area contributed by atoms with Crippen LogP contribution < -0.4 is 5.32 Å². The third-order valence-corrected chi connectivity index (χ3v) is 3.15. The first-order valence-corrected chi connectivity index (χ1v) is 5.80. The largest absolute Gasteiger partial charge is 0.384 e. The summed E-state index contributed by atoms with van der Waals surface area (Å²) in [6.07, 6.45) is 1.23. The monoisotopic (exact) mass is 289 g/mol. The zero-order valence-electron chi connectivity index (χ0n) is 8.18. The standard InChI is InChI=1S/C11H16IN/c1-3-9(2)8-13-11-7-5-4-6-10(11)12/h4-7,9,13H,3,8H2,1-2H3. The first-order chi connectivity index (χ1) is 6.24. The van der Waals surface area contributed by atoms with Crippen LogP contribution in [-0.2, 0) is 0 Å². The van der Waals surface area contributed by atoms with E-state index in [-0.39, 0.29) is 0 Å². The van der Waals surface area contributed by atoms with Gasteiger partial charge >= 0.3 is 0 Å². The molecule has 0 aliphatic heterocycles. The average Bonchev–Trinajstić information content (AvgIpc) is 2.16. The summed E-state index contributed by atoms with van der Waals surface area (Å²) in [6, 6.07) is 8.39. The van der Waals surface area contributed by atoms with Crippen LogP contribution in [0.1, 0.15) is 20.3 Å². The van der Waals surface area contributed by atoms with Gasteiger partial charge in [-0.3, -0.25) is 0 Å². The molecule has 0 aromatic heterocycles. The number of para-hydroxylation sites is 1. The first kappa shape index (κ1) is 10.8. The van der Waals surface area contributed by atoms with Crippen molar-refractivity contribution in [2.24, 2.45) is 5.92 Å². The first-order valence-electron chi connectivity index (χ1n) is 4.72. The van der Waals surface area contributed by atoms with E-state index in [9.17, 15) is 0 Å². The third kappa shape index (κ3) is 3.55. The van der Waals surface area contributed by atoms with Crippen molar-refractivity contribution >= 4 is 28.3 Å². The molecule has 2 heteroatoms. The Labute approximate surface area is 94.1 Å². The van der Waals surface area contributed by atoms with Crippen molar-refractivity contribution in [3.05, 3.63) is 27.8 Å². The summed E-state index contributed by atoms with van der Waals surface area (Å²) in [5, 5.41) is 3.46. The number of benzene rings is 1. The molecule has 72 valence electrons. The van der Waals surface area contributed by atoms with Gasteiger partial charge in [0, 0.05) is 15.8 Å². The van der Waals surface area contributed by atoms with Gasteiger partial charge in [0.25, 0.3) is 0 Å². The van der Waals surface area contributed by atoms with E-state index in [0.29, 0.717) is 0 Å². The van der Waals surface area contributed by atoms with E-state index < -0.39 is 0 Å². The number of rotatable bonds is 4.